The summed E-state index contributed by atoms with van der Waals surface area (Å²) in [5.74, 6) is 2.15. The molecule has 0 saturated heterocycles. The molecule has 32 heavy (non-hydrogen) atoms. The van der Waals surface area contributed by atoms with Crippen LogP contribution in [0.4, 0.5) is 15.5 Å². The standard InChI is InChI=1S/C22H24FN5O3S/c1-28-18-7-8-24-15-17(18)16-5-6-20(27-22(16)28)25-19-3-2-4-21(26-19)31-12-11-29-9-10-30-13-14-32-23/h2-8,15H,9-14H2,1H3,(H,25,26,27). The number of ether oxygens (including phenoxy) is 3. The molecule has 0 atom stereocenters. The molecule has 0 radical (unpaired) electrons. The van der Waals surface area contributed by atoms with Crippen molar-refractivity contribution < 1.29 is 18.1 Å². The number of nitrogens with zero attached hydrogens (tertiary/aromatic N) is 4. The normalized spacial score (nSPS) is 11.3. The molecule has 0 aromatic carbocycles. The molecule has 4 rings (SSSR count). The summed E-state index contributed by atoms with van der Waals surface area (Å²) in [4.78, 5) is 13.4. The lowest BCUT2D eigenvalue weighted by atomic mass is 10.2. The van der Waals surface area contributed by atoms with E-state index in [1.807, 2.05) is 43.6 Å². The first-order chi connectivity index (χ1) is 15.8. The summed E-state index contributed by atoms with van der Waals surface area (Å²) < 4.78 is 30.2. The fraction of sp³-hybridized carbons (Fsp3) is 0.318. The molecule has 1 N–H and O–H groups in total. The number of anilines is 2. The van der Waals surface area contributed by atoms with Crippen molar-refractivity contribution in [3.8, 4) is 5.88 Å². The molecular weight excluding hydrogens is 433 g/mol. The van der Waals surface area contributed by atoms with Crippen LogP contribution >= 0.6 is 12.1 Å². The number of pyridine rings is 3. The fourth-order valence-corrected chi connectivity index (χ4v) is 3.48. The van der Waals surface area contributed by atoms with Gasteiger partial charge in [-0.25, -0.2) is 4.98 Å². The maximum absolute atomic E-state index is 11.9. The van der Waals surface area contributed by atoms with Crippen molar-refractivity contribution in [1.29, 1.82) is 0 Å². The van der Waals surface area contributed by atoms with Gasteiger partial charge >= 0.3 is 0 Å². The smallest absolute Gasteiger partial charge is 0.215 e. The topological polar surface area (TPSA) is 83.3 Å². The zero-order chi connectivity index (χ0) is 22.2. The number of halogens is 1. The Hall–Kier alpha value is -2.95. The highest BCUT2D eigenvalue weighted by Crippen LogP contribution is 2.27. The number of aryl methyl sites for hydroxylation is 1. The summed E-state index contributed by atoms with van der Waals surface area (Å²) in [6.07, 6.45) is 3.64. The first-order valence-corrected chi connectivity index (χ1v) is 11.1. The Morgan fingerprint density at radius 3 is 2.62 bits per heavy atom. The predicted octanol–water partition coefficient (Wildman–Crippen LogP) is 4.29. The lowest BCUT2D eigenvalue weighted by molar-refractivity contribution is 0.0406. The van der Waals surface area contributed by atoms with E-state index in [1.54, 1.807) is 12.3 Å². The Morgan fingerprint density at radius 1 is 0.938 bits per heavy atom. The van der Waals surface area contributed by atoms with E-state index in [9.17, 15) is 3.89 Å². The van der Waals surface area contributed by atoms with Crippen molar-refractivity contribution in [3.63, 3.8) is 0 Å². The molecule has 0 aliphatic heterocycles. The second-order valence-electron chi connectivity index (χ2n) is 6.89. The summed E-state index contributed by atoms with van der Waals surface area (Å²) in [5.41, 5.74) is 1.95. The van der Waals surface area contributed by atoms with Crippen LogP contribution in [0.1, 0.15) is 0 Å². The molecule has 0 amide bonds. The van der Waals surface area contributed by atoms with Crippen LogP contribution in [-0.4, -0.2) is 58.3 Å². The van der Waals surface area contributed by atoms with Crippen LogP contribution in [0.15, 0.2) is 48.8 Å². The van der Waals surface area contributed by atoms with E-state index < -0.39 is 0 Å². The summed E-state index contributed by atoms with van der Waals surface area (Å²) in [6, 6.07) is 11.4. The van der Waals surface area contributed by atoms with Gasteiger partial charge in [-0.2, -0.15) is 8.87 Å². The van der Waals surface area contributed by atoms with Crippen LogP contribution in [0.25, 0.3) is 21.9 Å². The van der Waals surface area contributed by atoms with Gasteiger partial charge in [0.1, 0.15) is 23.9 Å². The Balaban J connectivity index is 1.31. The van der Waals surface area contributed by atoms with E-state index in [0.717, 1.165) is 21.9 Å². The van der Waals surface area contributed by atoms with Gasteiger partial charge in [0, 0.05) is 54.2 Å². The van der Waals surface area contributed by atoms with Crippen molar-refractivity contribution in [2.24, 2.45) is 7.05 Å². The first kappa shape index (κ1) is 22.3. The minimum absolute atomic E-state index is 0.269. The van der Waals surface area contributed by atoms with Crippen molar-refractivity contribution in [2.75, 3.05) is 44.1 Å². The molecule has 8 nitrogen and oxygen atoms in total. The second kappa shape index (κ2) is 11.1. The average Bonchev–Trinajstić information content (AvgIpc) is 3.10. The number of nitrogens with one attached hydrogen (secondary N) is 1. The number of hydrogen-bond donors (Lipinski definition) is 1. The maximum Gasteiger partial charge on any atom is 0.215 e. The van der Waals surface area contributed by atoms with Crippen LogP contribution in [0.5, 0.6) is 5.88 Å². The van der Waals surface area contributed by atoms with E-state index in [2.05, 4.69) is 19.9 Å². The first-order valence-electron chi connectivity index (χ1n) is 10.2. The third-order valence-electron chi connectivity index (χ3n) is 4.78. The summed E-state index contributed by atoms with van der Waals surface area (Å²) in [5, 5.41) is 5.36. The Labute approximate surface area is 189 Å². The Bertz CT molecular complexity index is 1170. The minimum atomic E-state index is 0.269. The zero-order valence-electron chi connectivity index (χ0n) is 17.7. The zero-order valence-corrected chi connectivity index (χ0v) is 18.5. The number of rotatable bonds is 12. The van der Waals surface area contributed by atoms with Gasteiger partial charge < -0.3 is 24.1 Å². The number of hydrogen-bond acceptors (Lipinski definition) is 8. The summed E-state index contributed by atoms with van der Waals surface area (Å²) in [6.45, 7) is 2.03. The largest absolute Gasteiger partial charge is 0.475 e. The average molecular weight is 458 g/mol. The fourth-order valence-electron chi connectivity index (χ4n) is 3.30. The molecule has 168 valence electrons. The maximum atomic E-state index is 11.9. The molecule has 0 bridgehead atoms. The van der Waals surface area contributed by atoms with Crippen molar-refractivity contribution in [3.05, 3.63) is 48.8 Å². The molecule has 10 heteroatoms. The number of fused-ring (bicyclic) bond motifs is 3. The highest BCUT2D eigenvalue weighted by molar-refractivity contribution is 7.94. The van der Waals surface area contributed by atoms with Gasteiger partial charge in [0.15, 0.2) is 0 Å². The van der Waals surface area contributed by atoms with Crippen LogP contribution in [0.3, 0.4) is 0 Å². The summed E-state index contributed by atoms with van der Waals surface area (Å²) >= 11 is 0.269. The third kappa shape index (κ3) is 5.45. The minimum Gasteiger partial charge on any atom is -0.475 e. The summed E-state index contributed by atoms with van der Waals surface area (Å²) in [7, 11) is 1.99. The van der Waals surface area contributed by atoms with Gasteiger partial charge in [0.05, 0.1) is 31.9 Å². The molecule has 0 unspecified atom stereocenters. The van der Waals surface area contributed by atoms with Gasteiger partial charge in [-0.1, -0.05) is 6.07 Å². The molecule has 4 heterocycles. The molecular formula is C22H24FN5O3S. The molecule has 4 aromatic heterocycles. The van der Waals surface area contributed by atoms with Gasteiger partial charge in [-0.05, 0) is 24.3 Å². The van der Waals surface area contributed by atoms with Crippen molar-refractivity contribution in [1.82, 2.24) is 19.5 Å². The molecule has 0 fully saturated rings. The van der Waals surface area contributed by atoms with Gasteiger partial charge in [-0.15, -0.1) is 0 Å². The molecule has 4 aromatic rings. The Morgan fingerprint density at radius 2 is 1.75 bits per heavy atom. The van der Waals surface area contributed by atoms with E-state index in [-0.39, 0.29) is 12.1 Å². The third-order valence-corrected chi connectivity index (χ3v) is 5.10. The quantitative estimate of drug-likeness (QED) is 0.316. The highest BCUT2D eigenvalue weighted by Gasteiger charge is 2.10. The van der Waals surface area contributed by atoms with Crippen molar-refractivity contribution >= 4 is 45.7 Å². The van der Waals surface area contributed by atoms with Crippen LogP contribution in [0, 0.1) is 0 Å². The SMILES string of the molecule is Cn1c2ccncc2c2ccc(Nc3cccc(OCCOCCOCCSF)n3)nc21. The predicted molar refractivity (Wildman–Crippen MR) is 124 cm³/mol. The number of aromatic nitrogens is 4. The van der Waals surface area contributed by atoms with Gasteiger partial charge in [0.25, 0.3) is 0 Å². The molecule has 0 spiro atoms. The molecule has 0 saturated carbocycles. The Kier molecular flexibility index (Phi) is 7.70. The van der Waals surface area contributed by atoms with E-state index in [0.29, 0.717) is 56.3 Å². The van der Waals surface area contributed by atoms with E-state index in [1.165, 1.54) is 0 Å². The van der Waals surface area contributed by atoms with E-state index >= 15 is 0 Å². The lowest BCUT2D eigenvalue weighted by Gasteiger charge is -2.09. The highest BCUT2D eigenvalue weighted by atomic mass is 32.2. The van der Waals surface area contributed by atoms with Gasteiger partial charge in [-0.3, -0.25) is 4.98 Å². The second-order valence-corrected chi connectivity index (χ2v) is 7.52. The molecule has 0 aliphatic rings. The lowest BCUT2D eigenvalue weighted by Crippen LogP contribution is -2.12. The van der Waals surface area contributed by atoms with Crippen molar-refractivity contribution in [2.45, 2.75) is 0 Å². The van der Waals surface area contributed by atoms with Gasteiger partial charge in [0.2, 0.25) is 5.88 Å². The van der Waals surface area contributed by atoms with Crippen LogP contribution in [-0.2, 0) is 16.5 Å². The monoisotopic (exact) mass is 457 g/mol. The van der Waals surface area contributed by atoms with Crippen LogP contribution in [0.2, 0.25) is 0 Å². The van der Waals surface area contributed by atoms with E-state index in [4.69, 9.17) is 19.2 Å². The molecule has 0 aliphatic carbocycles. The van der Waals surface area contributed by atoms with Crippen LogP contribution < -0.4 is 10.1 Å².